The molecule has 1 saturated heterocycles. The first-order valence-corrected chi connectivity index (χ1v) is 13.3. The highest BCUT2D eigenvalue weighted by Gasteiger charge is 2.34. The number of alkyl halides is 1. The van der Waals surface area contributed by atoms with E-state index in [2.05, 4.69) is 55.6 Å². The minimum Gasteiger partial charge on any atom is -0.493 e. The van der Waals surface area contributed by atoms with Crippen molar-refractivity contribution >= 4 is 0 Å². The van der Waals surface area contributed by atoms with Crippen molar-refractivity contribution < 1.29 is 13.5 Å². The van der Waals surface area contributed by atoms with Gasteiger partial charge >= 0.3 is 0 Å². The van der Waals surface area contributed by atoms with Gasteiger partial charge < -0.3 is 10.1 Å². The van der Waals surface area contributed by atoms with E-state index in [9.17, 15) is 8.78 Å². The molecule has 1 heterocycles. The van der Waals surface area contributed by atoms with E-state index in [1.165, 1.54) is 22.3 Å². The maximum atomic E-state index is 14.1. The molecule has 2 nitrogen and oxygen atoms in total. The van der Waals surface area contributed by atoms with Crippen LogP contribution in [0.1, 0.15) is 63.5 Å². The van der Waals surface area contributed by atoms with Crippen LogP contribution in [0.25, 0.3) is 0 Å². The van der Waals surface area contributed by atoms with E-state index in [1.807, 2.05) is 25.2 Å². The van der Waals surface area contributed by atoms with Crippen LogP contribution in [0.15, 0.2) is 95.1 Å². The summed E-state index contributed by atoms with van der Waals surface area (Å²) in [6.07, 6.45) is 15.1. The van der Waals surface area contributed by atoms with Crippen LogP contribution in [-0.2, 0) is 11.3 Å². The molecule has 36 heavy (non-hydrogen) atoms. The molecule has 1 aromatic rings. The Bertz CT molecular complexity index is 1110. The molecule has 1 fully saturated rings. The summed E-state index contributed by atoms with van der Waals surface area (Å²) in [5.74, 6) is 1.25. The topological polar surface area (TPSA) is 21.3 Å². The van der Waals surface area contributed by atoms with Gasteiger partial charge in [-0.25, -0.2) is 8.78 Å². The standard InChI is InChI=1S/C32H39F2NO/c1-4-6-10-28(5-2)36-21-24-9-7-8-11-30(24)23-12-13-29(22(3)16-23)32-20-35-15-14-31(32)25-17-26(33)19-27(34)18-25/h4,6-13,17,19,23,27,31-32,35H,5,14-16,18,20-21H2,1-3H3. The van der Waals surface area contributed by atoms with Crippen molar-refractivity contribution in [2.45, 2.75) is 65.2 Å². The third-order valence-corrected chi connectivity index (χ3v) is 7.67. The Morgan fingerprint density at radius 1 is 1.19 bits per heavy atom. The fourth-order valence-corrected chi connectivity index (χ4v) is 5.83. The normalized spacial score (nSPS) is 27.3. The van der Waals surface area contributed by atoms with Crippen molar-refractivity contribution in [2.75, 3.05) is 13.1 Å². The molecule has 4 atom stereocenters. The minimum atomic E-state index is -1.22. The Morgan fingerprint density at radius 3 is 2.78 bits per heavy atom. The molecule has 4 unspecified atom stereocenters. The highest BCUT2D eigenvalue weighted by molar-refractivity contribution is 5.42. The van der Waals surface area contributed by atoms with Gasteiger partial charge in [-0.1, -0.05) is 66.6 Å². The Labute approximate surface area is 215 Å². The number of hydrogen-bond acceptors (Lipinski definition) is 2. The molecule has 1 aliphatic heterocycles. The van der Waals surface area contributed by atoms with Crippen LogP contribution in [0, 0.1) is 11.8 Å². The summed E-state index contributed by atoms with van der Waals surface area (Å²) in [4.78, 5) is 0. The highest BCUT2D eigenvalue weighted by Crippen LogP contribution is 2.42. The van der Waals surface area contributed by atoms with Crippen molar-refractivity contribution in [1.29, 1.82) is 0 Å². The monoisotopic (exact) mass is 491 g/mol. The van der Waals surface area contributed by atoms with Crippen molar-refractivity contribution in [3.63, 3.8) is 0 Å². The van der Waals surface area contributed by atoms with E-state index in [-0.39, 0.29) is 17.8 Å². The van der Waals surface area contributed by atoms with Crippen LogP contribution in [-0.4, -0.2) is 19.3 Å². The van der Waals surface area contributed by atoms with Crippen LogP contribution in [0.3, 0.4) is 0 Å². The first-order valence-electron chi connectivity index (χ1n) is 13.3. The summed E-state index contributed by atoms with van der Waals surface area (Å²) in [7, 11) is 0. The summed E-state index contributed by atoms with van der Waals surface area (Å²) in [5.41, 5.74) is 6.12. The van der Waals surface area contributed by atoms with E-state index < -0.39 is 12.0 Å². The smallest absolute Gasteiger partial charge is 0.125 e. The molecule has 1 aromatic carbocycles. The number of ether oxygens (including phenoxy) is 1. The minimum absolute atomic E-state index is 0.173. The summed E-state index contributed by atoms with van der Waals surface area (Å²) in [6, 6.07) is 8.55. The van der Waals surface area contributed by atoms with Gasteiger partial charge in [0.15, 0.2) is 0 Å². The van der Waals surface area contributed by atoms with E-state index in [0.29, 0.717) is 13.0 Å². The molecular weight excluding hydrogens is 452 g/mol. The lowest BCUT2D eigenvalue weighted by molar-refractivity contribution is 0.190. The molecule has 0 amide bonds. The van der Waals surface area contributed by atoms with E-state index in [0.717, 1.165) is 49.8 Å². The second-order valence-corrected chi connectivity index (χ2v) is 10.1. The maximum absolute atomic E-state index is 14.1. The van der Waals surface area contributed by atoms with Crippen LogP contribution < -0.4 is 5.32 Å². The van der Waals surface area contributed by atoms with E-state index in [1.54, 1.807) is 6.08 Å². The fourth-order valence-electron chi connectivity index (χ4n) is 5.83. The molecule has 1 N–H and O–H groups in total. The van der Waals surface area contributed by atoms with Gasteiger partial charge in [-0.2, -0.15) is 0 Å². The summed E-state index contributed by atoms with van der Waals surface area (Å²) >= 11 is 0. The lowest BCUT2D eigenvalue weighted by Gasteiger charge is -2.38. The molecule has 3 aliphatic rings. The fraction of sp³-hybridized carbons (Fsp3) is 0.438. The number of nitrogens with one attached hydrogen (secondary N) is 1. The van der Waals surface area contributed by atoms with Gasteiger partial charge in [0, 0.05) is 31.2 Å². The number of hydrogen-bond donors (Lipinski definition) is 1. The zero-order chi connectivity index (χ0) is 25.5. The van der Waals surface area contributed by atoms with Crippen molar-refractivity contribution in [3.8, 4) is 0 Å². The lowest BCUT2D eigenvalue weighted by atomic mass is 9.71. The zero-order valence-electron chi connectivity index (χ0n) is 21.8. The number of rotatable bonds is 8. The summed E-state index contributed by atoms with van der Waals surface area (Å²) in [5, 5.41) is 3.52. The summed E-state index contributed by atoms with van der Waals surface area (Å²) < 4.78 is 34.3. The zero-order valence-corrected chi connectivity index (χ0v) is 21.8. The van der Waals surface area contributed by atoms with Gasteiger partial charge in [-0.05, 0) is 74.1 Å². The Morgan fingerprint density at radius 2 is 2.03 bits per heavy atom. The van der Waals surface area contributed by atoms with Gasteiger partial charge in [-0.3, -0.25) is 0 Å². The number of allylic oxidation sites excluding steroid dienone is 11. The Kier molecular flexibility index (Phi) is 9.14. The molecule has 0 radical (unpaired) electrons. The first-order chi connectivity index (χ1) is 17.5. The average molecular weight is 492 g/mol. The average Bonchev–Trinajstić information content (AvgIpc) is 2.88. The molecular formula is C32H39F2NO. The molecule has 4 heteroatoms. The second kappa shape index (κ2) is 12.5. The molecule has 192 valence electrons. The van der Waals surface area contributed by atoms with Crippen molar-refractivity contribution in [2.24, 2.45) is 11.8 Å². The number of piperidine rings is 1. The third-order valence-electron chi connectivity index (χ3n) is 7.67. The largest absolute Gasteiger partial charge is 0.493 e. The second-order valence-electron chi connectivity index (χ2n) is 10.1. The predicted molar refractivity (Wildman–Crippen MR) is 145 cm³/mol. The molecule has 0 spiro atoms. The van der Waals surface area contributed by atoms with Crippen molar-refractivity contribution in [1.82, 2.24) is 5.32 Å². The van der Waals surface area contributed by atoms with E-state index >= 15 is 0 Å². The van der Waals surface area contributed by atoms with Gasteiger partial charge in [0.2, 0.25) is 0 Å². The SMILES string of the molecule is CC=CC=C(CC)OCc1ccccc1C1C=CC(C2CNCCC2C2=CC(F)=CC(F)C2)=C(C)C1. The maximum Gasteiger partial charge on any atom is 0.125 e. The van der Waals surface area contributed by atoms with Gasteiger partial charge in [0.05, 0.1) is 5.76 Å². The first kappa shape index (κ1) is 26.3. The lowest BCUT2D eigenvalue weighted by Crippen LogP contribution is -2.39. The molecule has 0 bridgehead atoms. The van der Waals surface area contributed by atoms with Gasteiger partial charge in [0.1, 0.15) is 18.6 Å². The number of benzene rings is 1. The Balaban J connectivity index is 1.51. The van der Waals surface area contributed by atoms with Gasteiger partial charge in [-0.15, -0.1) is 0 Å². The third kappa shape index (κ3) is 6.34. The van der Waals surface area contributed by atoms with Crippen LogP contribution in [0.5, 0.6) is 0 Å². The van der Waals surface area contributed by atoms with Crippen molar-refractivity contribution in [3.05, 3.63) is 106 Å². The van der Waals surface area contributed by atoms with Crippen LogP contribution >= 0.6 is 0 Å². The van der Waals surface area contributed by atoms with E-state index in [4.69, 9.17) is 4.74 Å². The van der Waals surface area contributed by atoms with Gasteiger partial charge in [0.25, 0.3) is 0 Å². The summed E-state index contributed by atoms with van der Waals surface area (Å²) in [6.45, 7) is 8.61. The predicted octanol–water partition coefficient (Wildman–Crippen LogP) is 8.18. The molecule has 2 aliphatic carbocycles. The van der Waals surface area contributed by atoms with Crippen LogP contribution in [0.4, 0.5) is 8.78 Å². The molecule has 0 saturated carbocycles. The number of halogens is 2. The molecule has 4 rings (SSSR count). The molecule has 0 aromatic heterocycles. The quantitative estimate of drug-likeness (QED) is 0.292. The highest BCUT2D eigenvalue weighted by atomic mass is 19.1. The Hall–Kier alpha value is -2.72. The van der Waals surface area contributed by atoms with Crippen LogP contribution in [0.2, 0.25) is 0 Å².